The Bertz CT molecular complexity index is 1220. The minimum Gasteiger partial charge on any atom is -0.497 e. The van der Waals surface area contributed by atoms with Crippen LogP contribution in [0.2, 0.25) is 0 Å². The number of rotatable bonds is 5. The topological polar surface area (TPSA) is 65.0 Å². The predicted molar refractivity (Wildman–Crippen MR) is 130 cm³/mol. The van der Waals surface area contributed by atoms with E-state index in [4.69, 9.17) is 14.2 Å². The molecule has 2 aliphatic rings. The number of fused-ring (bicyclic) bond motifs is 1. The van der Waals surface area contributed by atoms with E-state index in [1.165, 1.54) is 0 Å². The summed E-state index contributed by atoms with van der Waals surface area (Å²) in [5, 5.41) is 3.71. The van der Waals surface area contributed by atoms with Crippen LogP contribution in [0.3, 0.4) is 0 Å². The molecule has 3 aromatic rings. The summed E-state index contributed by atoms with van der Waals surface area (Å²) >= 11 is 0. The third kappa shape index (κ3) is 4.04. The van der Waals surface area contributed by atoms with E-state index < -0.39 is 0 Å². The number of aromatic nitrogens is 1. The summed E-state index contributed by atoms with van der Waals surface area (Å²) < 4.78 is 19.1. The molecule has 2 aliphatic heterocycles. The van der Waals surface area contributed by atoms with Gasteiger partial charge in [0.1, 0.15) is 23.4 Å². The number of ether oxygens (including phenoxy) is 3. The van der Waals surface area contributed by atoms with Gasteiger partial charge in [-0.1, -0.05) is 6.07 Å². The molecule has 7 nitrogen and oxygen atoms in total. The molecule has 0 aliphatic carbocycles. The molecule has 2 aromatic carbocycles. The molecule has 1 unspecified atom stereocenters. The van der Waals surface area contributed by atoms with E-state index >= 15 is 0 Å². The van der Waals surface area contributed by atoms with Crippen molar-refractivity contribution < 1.29 is 14.2 Å². The Morgan fingerprint density at radius 1 is 1.03 bits per heavy atom. The third-order valence-electron chi connectivity index (χ3n) is 6.58. The number of anilines is 2. The lowest BCUT2D eigenvalue weighted by atomic mass is 9.96. The number of hydrogen-bond acceptors (Lipinski definition) is 6. The number of nitrogens with one attached hydrogen (secondary N) is 1. The van der Waals surface area contributed by atoms with Gasteiger partial charge in [-0.05, 0) is 43.2 Å². The second kappa shape index (κ2) is 8.83. The zero-order chi connectivity index (χ0) is 22.9. The Labute approximate surface area is 193 Å². The molecule has 33 heavy (non-hydrogen) atoms. The largest absolute Gasteiger partial charge is 0.497 e. The summed E-state index contributed by atoms with van der Waals surface area (Å²) in [4.78, 5) is 14.3. The fourth-order valence-corrected chi connectivity index (χ4v) is 4.77. The molecule has 3 heterocycles. The van der Waals surface area contributed by atoms with Gasteiger partial charge in [-0.25, -0.2) is 0 Å². The molecule has 5 rings (SSSR count). The Morgan fingerprint density at radius 3 is 2.58 bits per heavy atom. The molecule has 1 atom stereocenters. The van der Waals surface area contributed by atoms with Crippen molar-refractivity contribution >= 4 is 11.4 Å². The first kappa shape index (κ1) is 21.4. The molecule has 1 aromatic heterocycles. The first-order valence-electron chi connectivity index (χ1n) is 11.3. The molecule has 0 spiro atoms. The van der Waals surface area contributed by atoms with Crippen LogP contribution in [0, 0.1) is 5.92 Å². The van der Waals surface area contributed by atoms with Gasteiger partial charge >= 0.3 is 0 Å². The molecular weight excluding hydrogens is 418 g/mol. The predicted octanol–water partition coefficient (Wildman–Crippen LogP) is 4.47. The fraction of sp³-hybridized carbons (Fsp3) is 0.346. The normalized spacial score (nSPS) is 18.0. The summed E-state index contributed by atoms with van der Waals surface area (Å²) in [5.41, 5.74) is 3.85. The number of hydrogen-bond donors (Lipinski definition) is 1. The van der Waals surface area contributed by atoms with Crippen molar-refractivity contribution in [1.29, 1.82) is 0 Å². The highest BCUT2D eigenvalue weighted by Crippen LogP contribution is 2.50. The molecule has 1 saturated heterocycles. The van der Waals surface area contributed by atoms with Crippen LogP contribution in [0.5, 0.6) is 17.2 Å². The van der Waals surface area contributed by atoms with Crippen LogP contribution in [0.25, 0.3) is 11.1 Å². The van der Waals surface area contributed by atoms with Crippen molar-refractivity contribution in [2.75, 3.05) is 37.6 Å². The Kier molecular flexibility index (Phi) is 5.72. The zero-order valence-corrected chi connectivity index (χ0v) is 19.2. The number of pyridine rings is 1. The first-order valence-corrected chi connectivity index (χ1v) is 11.3. The average Bonchev–Trinajstić information content (AvgIpc) is 3.18. The summed E-state index contributed by atoms with van der Waals surface area (Å²) in [5.74, 6) is 2.66. The van der Waals surface area contributed by atoms with Gasteiger partial charge in [0.05, 0.1) is 12.8 Å². The van der Waals surface area contributed by atoms with Gasteiger partial charge in [-0.2, -0.15) is 0 Å². The van der Waals surface area contributed by atoms with Gasteiger partial charge < -0.3 is 29.0 Å². The van der Waals surface area contributed by atoms with Crippen molar-refractivity contribution in [2.45, 2.75) is 19.0 Å². The Morgan fingerprint density at radius 2 is 1.82 bits per heavy atom. The molecule has 0 radical (unpaired) electrons. The molecule has 7 heteroatoms. The maximum Gasteiger partial charge on any atom is 0.250 e. The van der Waals surface area contributed by atoms with Crippen LogP contribution in [0.1, 0.15) is 12.8 Å². The molecule has 0 bridgehead atoms. The van der Waals surface area contributed by atoms with Crippen LogP contribution < -0.4 is 25.2 Å². The van der Waals surface area contributed by atoms with Crippen LogP contribution in [0.4, 0.5) is 11.4 Å². The van der Waals surface area contributed by atoms with Gasteiger partial charge in [0, 0.05) is 62.7 Å². The van der Waals surface area contributed by atoms with Gasteiger partial charge in [0.25, 0.3) is 0 Å². The van der Waals surface area contributed by atoms with E-state index in [-0.39, 0.29) is 11.7 Å². The molecule has 172 valence electrons. The molecule has 1 N–H and O–H groups in total. The average molecular weight is 448 g/mol. The second-order valence-corrected chi connectivity index (χ2v) is 8.64. The number of nitrogens with zero attached hydrogens (tertiary/aromatic N) is 2. The van der Waals surface area contributed by atoms with E-state index in [1.54, 1.807) is 24.8 Å². The fourth-order valence-electron chi connectivity index (χ4n) is 4.77. The standard InChI is InChI=1S/C26H29N3O4/c1-28-16-18(7-10-23(28)30)21-8-9-22-24(25(21)33-20-6-4-5-19(15-20)31-3)29(2)26(27-22)17-11-13-32-14-12-17/h4-10,15-17,26-27H,11-14H2,1-3H3. The van der Waals surface area contributed by atoms with E-state index in [0.717, 1.165) is 60.1 Å². The Balaban J connectivity index is 1.61. The highest BCUT2D eigenvalue weighted by molar-refractivity contribution is 5.90. The summed E-state index contributed by atoms with van der Waals surface area (Å²) in [6.45, 7) is 1.59. The monoisotopic (exact) mass is 447 g/mol. The summed E-state index contributed by atoms with van der Waals surface area (Å²) in [7, 11) is 5.52. The lowest BCUT2D eigenvalue weighted by molar-refractivity contribution is 0.0612. The quantitative estimate of drug-likeness (QED) is 0.623. The van der Waals surface area contributed by atoms with Crippen molar-refractivity contribution in [3.8, 4) is 28.4 Å². The molecule has 0 amide bonds. The first-order chi connectivity index (χ1) is 16.0. The zero-order valence-electron chi connectivity index (χ0n) is 19.2. The van der Waals surface area contributed by atoms with E-state index in [1.807, 2.05) is 36.5 Å². The van der Waals surface area contributed by atoms with Crippen molar-refractivity contribution in [3.05, 3.63) is 65.1 Å². The molecular formula is C26H29N3O4. The van der Waals surface area contributed by atoms with Crippen molar-refractivity contribution in [3.63, 3.8) is 0 Å². The minimum absolute atomic E-state index is 0.0476. The highest BCUT2D eigenvalue weighted by Gasteiger charge is 2.36. The smallest absolute Gasteiger partial charge is 0.250 e. The summed E-state index contributed by atoms with van der Waals surface area (Å²) in [6.07, 6.45) is 4.07. The number of aryl methyl sites for hydroxylation is 1. The van der Waals surface area contributed by atoms with E-state index in [0.29, 0.717) is 11.7 Å². The maximum atomic E-state index is 12.0. The van der Waals surface area contributed by atoms with Crippen molar-refractivity contribution in [2.24, 2.45) is 13.0 Å². The van der Waals surface area contributed by atoms with Crippen molar-refractivity contribution in [1.82, 2.24) is 4.57 Å². The third-order valence-corrected chi connectivity index (χ3v) is 6.58. The minimum atomic E-state index is -0.0476. The summed E-state index contributed by atoms with van der Waals surface area (Å²) in [6, 6.07) is 15.2. The highest BCUT2D eigenvalue weighted by atomic mass is 16.5. The number of benzene rings is 2. The SMILES string of the molecule is COc1cccc(Oc2c(-c3ccc(=O)n(C)c3)ccc3c2N(C)C(C2CCOCC2)N3)c1. The van der Waals surface area contributed by atoms with E-state index in [2.05, 4.69) is 29.4 Å². The van der Waals surface area contributed by atoms with Gasteiger partial charge in [-0.15, -0.1) is 0 Å². The molecule has 0 saturated carbocycles. The van der Waals surface area contributed by atoms with Gasteiger partial charge in [0.2, 0.25) is 5.56 Å². The van der Waals surface area contributed by atoms with E-state index in [9.17, 15) is 4.79 Å². The lowest BCUT2D eigenvalue weighted by Gasteiger charge is -2.33. The number of methoxy groups -OCH3 is 1. The van der Waals surface area contributed by atoms with Crippen LogP contribution in [-0.2, 0) is 11.8 Å². The second-order valence-electron chi connectivity index (χ2n) is 8.64. The van der Waals surface area contributed by atoms with Crippen LogP contribution in [-0.4, -0.2) is 38.1 Å². The van der Waals surface area contributed by atoms with Crippen LogP contribution in [0.15, 0.2) is 59.5 Å². The maximum absolute atomic E-state index is 12.0. The Hall–Kier alpha value is -3.45. The molecule has 1 fully saturated rings. The van der Waals surface area contributed by atoms with Gasteiger partial charge in [0.15, 0.2) is 5.75 Å². The van der Waals surface area contributed by atoms with Crippen LogP contribution >= 0.6 is 0 Å². The van der Waals surface area contributed by atoms with Gasteiger partial charge in [-0.3, -0.25) is 4.79 Å². The lowest BCUT2D eigenvalue weighted by Crippen LogP contribution is -2.41.